The van der Waals surface area contributed by atoms with Crippen LogP contribution in [-0.4, -0.2) is 22.8 Å². The SMILES string of the molecule is CO[C@H](C)CCCCn1c(=O)cc(N)[nH]c1=O. The van der Waals surface area contributed by atoms with Gasteiger partial charge in [0.1, 0.15) is 5.82 Å². The van der Waals surface area contributed by atoms with Gasteiger partial charge in [-0.2, -0.15) is 0 Å². The normalized spacial score (nSPS) is 12.6. The summed E-state index contributed by atoms with van der Waals surface area (Å²) in [5, 5.41) is 0. The van der Waals surface area contributed by atoms with Gasteiger partial charge in [0.15, 0.2) is 0 Å². The Morgan fingerprint density at radius 3 is 2.76 bits per heavy atom. The van der Waals surface area contributed by atoms with E-state index in [9.17, 15) is 9.59 Å². The minimum atomic E-state index is -0.449. The lowest BCUT2D eigenvalue weighted by molar-refractivity contribution is 0.108. The fourth-order valence-corrected chi connectivity index (χ4v) is 1.57. The van der Waals surface area contributed by atoms with Crippen molar-refractivity contribution in [2.24, 2.45) is 0 Å². The lowest BCUT2D eigenvalue weighted by Gasteiger charge is -2.09. The second-order valence-electron chi connectivity index (χ2n) is 4.06. The summed E-state index contributed by atoms with van der Waals surface area (Å²) in [7, 11) is 1.67. The van der Waals surface area contributed by atoms with Crippen molar-refractivity contribution >= 4 is 5.82 Å². The van der Waals surface area contributed by atoms with E-state index < -0.39 is 5.69 Å². The van der Waals surface area contributed by atoms with Gasteiger partial charge in [-0.05, 0) is 26.2 Å². The van der Waals surface area contributed by atoms with Crippen LogP contribution in [-0.2, 0) is 11.3 Å². The van der Waals surface area contributed by atoms with Gasteiger partial charge >= 0.3 is 5.69 Å². The molecule has 1 rings (SSSR count). The number of nitrogen functional groups attached to an aromatic ring is 1. The monoisotopic (exact) mass is 241 g/mol. The largest absolute Gasteiger partial charge is 0.385 e. The number of aromatic amines is 1. The fourth-order valence-electron chi connectivity index (χ4n) is 1.57. The molecule has 0 saturated heterocycles. The highest BCUT2D eigenvalue weighted by molar-refractivity contribution is 5.23. The van der Waals surface area contributed by atoms with E-state index in [1.54, 1.807) is 7.11 Å². The molecular formula is C11H19N3O3. The van der Waals surface area contributed by atoms with Gasteiger partial charge < -0.3 is 10.5 Å². The highest BCUT2D eigenvalue weighted by atomic mass is 16.5. The fraction of sp³-hybridized carbons (Fsp3) is 0.636. The van der Waals surface area contributed by atoms with E-state index in [2.05, 4.69) is 4.98 Å². The molecule has 1 heterocycles. The van der Waals surface area contributed by atoms with E-state index in [-0.39, 0.29) is 17.5 Å². The molecule has 6 heteroatoms. The van der Waals surface area contributed by atoms with Crippen LogP contribution in [0.4, 0.5) is 5.82 Å². The molecule has 0 saturated carbocycles. The van der Waals surface area contributed by atoms with Crippen LogP contribution in [0, 0.1) is 0 Å². The standard InChI is InChI=1S/C11H19N3O3/c1-8(17-2)5-3-4-6-14-10(15)7-9(12)13-11(14)16/h7-8H,3-6,12H2,1-2H3,(H,13,16)/t8-/m1/s1. The van der Waals surface area contributed by atoms with Crippen molar-refractivity contribution in [1.29, 1.82) is 0 Å². The summed E-state index contributed by atoms with van der Waals surface area (Å²) in [6, 6.07) is 1.22. The molecule has 1 aromatic rings. The lowest BCUT2D eigenvalue weighted by Crippen LogP contribution is -2.35. The van der Waals surface area contributed by atoms with Crippen molar-refractivity contribution in [3.63, 3.8) is 0 Å². The molecule has 0 unspecified atom stereocenters. The third kappa shape index (κ3) is 4.07. The predicted octanol–water partition coefficient (Wildman–Crippen LogP) is 0.324. The van der Waals surface area contributed by atoms with E-state index in [0.29, 0.717) is 6.54 Å². The van der Waals surface area contributed by atoms with Crippen LogP contribution in [0.25, 0.3) is 0 Å². The average molecular weight is 241 g/mol. The Kier molecular flexibility index (Phi) is 4.96. The van der Waals surface area contributed by atoms with Crippen LogP contribution in [0.3, 0.4) is 0 Å². The Morgan fingerprint density at radius 1 is 1.47 bits per heavy atom. The second kappa shape index (κ2) is 6.24. The van der Waals surface area contributed by atoms with Gasteiger partial charge in [0.2, 0.25) is 0 Å². The van der Waals surface area contributed by atoms with Crippen LogP contribution in [0.5, 0.6) is 0 Å². The number of rotatable bonds is 6. The van der Waals surface area contributed by atoms with Crippen LogP contribution in [0.2, 0.25) is 0 Å². The number of nitrogens with two attached hydrogens (primary N) is 1. The van der Waals surface area contributed by atoms with Crippen molar-refractivity contribution < 1.29 is 4.74 Å². The Bertz CT molecular complexity index is 433. The maximum atomic E-state index is 11.5. The van der Waals surface area contributed by atoms with Crippen molar-refractivity contribution in [1.82, 2.24) is 9.55 Å². The summed E-state index contributed by atoms with van der Waals surface area (Å²) in [5.74, 6) is 0.101. The van der Waals surface area contributed by atoms with E-state index in [4.69, 9.17) is 10.5 Å². The van der Waals surface area contributed by atoms with Crippen molar-refractivity contribution in [2.75, 3.05) is 12.8 Å². The van der Waals surface area contributed by atoms with Crippen LogP contribution in [0.15, 0.2) is 15.7 Å². The highest BCUT2D eigenvalue weighted by Gasteiger charge is 2.03. The number of methoxy groups -OCH3 is 1. The summed E-state index contributed by atoms with van der Waals surface area (Å²) in [6.45, 7) is 2.40. The number of nitrogens with zero attached hydrogens (tertiary/aromatic N) is 1. The van der Waals surface area contributed by atoms with Crippen LogP contribution in [0.1, 0.15) is 26.2 Å². The minimum absolute atomic E-state index is 0.101. The first-order chi connectivity index (χ1) is 8.04. The smallest absolute Gasteiger partial charge is 0.329 e. The molecule has 6 nitrogen and oxygen atoms in total. The Balaban J connectivity index is 2.53. The first kappa shape index (κ1) is 13.5. The lowest BCUT2D eigenvalue weighted by atomic mass is 10.2. The zero-order valence-electron chi connectivity index (χ0n) is 10.2. The molecule has 3 N–H and O–H groups in total. The van der Waals surface area contributed by atoms with Crippen LogP contribution >= 0.6 is 0 Å². The third-order valence-electron chi connectivity index (χ3n) is 2.69. The molecule has 1 atom stereocenters. The molecule has 0 fully saturated rings. The highest BCUT2D eigenvalue weighted by Crippen LogP contribution is 2.03. The molecule has 96 valence electrons. The van der Waals surface area contributed by atoms with Crippen molar-refractivity contribution in [3.05, 3.63) is 26.9 Å². The summed E-state index contributed by atoms with van der Waals surface area (Å²) in [4.78, 5) is 25.3. The van der Waals surface area contributed by atoms with Gasteiger partial charge in [-0.15, -0.1) is 0 Å². The van der Waals surface area contributed by atoms with Gasteiger partial charge in [-0.3, -0.25) is 14.3 Å². The Morgan fingerprint density at radius 2 is 2.18 bits per heavy atom. The van der Waals surface area contributed by atoms with Crippen molar-refractivity contribution in [2.45, 2.75) is 38.8 Å². The van der Waals surface area contributed by atoms with Gasteiger partial charge in [0.05, 0.1) is 6.10 Å². The maximum absolute atomic E-state index is 11.5. The minimum Gasteiger partial charge on any atom is -0.385 e. The molecule has 17 heavy (non-hydrogen) atoms. The molecular weight excluding hydrogens is 222 g/mol. The topological polar surface area (TPSA) is 90.1 Å². The number of anilines is 1. The zero-order chi connectivity index (χ0) is 12.8. The van der Waals surface area contributed by atoms with E-state index in [1.807, 2.05) is 6.92 Å². The summed E-state index contributed by atoms with van der Waals surface area (Å²) < 4.78 is 6.27. The Hall–Kier alpha value is -1.56. The second-order valence-corrected chi connectivity index (χ2v) is 4.06. The third-order valence-corrected chi connectivity index (χ3v) is 2.69. The molecule has 0 aliphatic carbocycles. The first-order valence-electron chi connectivity index (χ1n) is 5.67. The van der Waals surface area contributed by atoms with E-state index >= 15 is 0 Å². The number of hydrogen-bond acceptors (Lipinski definition) is 4. The van der Waals surface area contributed by atoms with Gasteiger partial charge in [0, 0.05) is 19.7 Å². The molecule has 0 radical (unpaired) electrons. The number of hydrogen-bond donors (Lipinski definition) is 2. The number of H-pyrrole nitrogens is 1. The van der Waals surface area contributed by atoms with E-state index in [1.165, 1.54) is 6.07 Å². The molecule has 0 aromatic carbocycles. The van der Waals surface area contributed by atoms with Gasteiger partial charge in [-0.25, -0.2) is 4.79 Å². The zero-order valence-corrected chi connectivity index (χ0v) is 10.2. The molecule has 0 spiro atoms. The first-order valence-corrected chi connectivity index (χ1v) is 5.67. The quantitative estimate of drug-likeness (QED) is 0.702. The maximum Gasteiger partial charge on any atom is 0.329 e. The Labute approximate surface area is 99.4 Å². The van der Waals surface area contributed by atoms with Crippen LogP contribution < -0.4 is 17.0 Å². The number of aromatic nitrogens is 2. The summed E-state index contributed by atoms with van der Waals surface area (Å²) in [5.41, 5.74) is 4.55. The summed E-state index contributed by atoms with van der Waals surface area (Å²) in [6.07, 6.45) is 2.79. The molecule has 1 aromatic heterocycles. The van der Waals surface area contributed by atoms with Gasteiger partial charge in [0.25, 0.3) is 5.56 Å². The van der Waals surface area contributed by atoms with E-state index in [0.717, 1.165) is 23.8 Å². The molecule has 0 bridgehead atoms. The predicted molar refractivity (Wildman–Crippen MR) is 66.1 cm³/mol. The average Bonchev–Trinajstić information content (AvgIpc) is 2.26. The number of ether oxygens (including phenoxy) is 1. The van der Waals surface area contributed by atoms with Crippen molar-refractivity contribution in [3.8, 4) is 0 Å². The molecule has 0 aliphatic rings. The molecule has 0 amide bonds. The summed E-state index contributed by atoms with van der Waals surface area (Å²) >= 11 is 0. The van der Waals surface area contributed by atoms with Gasteiger partial charge in [-0.1, -0.05) is 0 Å². The number of nitrogens with one attached hydrogen (secondary N) is 1. The number of unbranched alkanes of at least 4 members (excludes halogenated alkanes) is 1. The molecule has 0 aliphatic heterocycles.